The molecule has 5 heteroatoms. The van der Waals surface area contributed by atoms with Gasteiger partial charge in [0.1, 0.15) is 11.5 Å². The van der Waals surface area contributed by atoms with Gasteiger partial charge in [0.25, 0.3) is 0 Å². The highest BCUT2D eigenvalue weighted by atomic mass is 16.5. The molecule has 1 aliphatic rings. The Hall–Kier alpha value is -1.36. The summed E-state index contributed by atoms with van der Waals surface area (Å²) in [4.78, 5) is 12.1. The van der Waals surface area contributed by atoms with Gasteiger partial charge in [-0.25, -0.2) is 0 Å². The molecule has 1 aromatic heterocycles. The van der Waals surface area contributed by atoms with E-state index >= 15 is 0 Å². The van der Waals surface area contributed by atoms with E-state index in [0.29, 0.717) is 19.0 Å². The quantitative estimate of drug-likeness (QED) is 0.846. The maximum absolute atomic E-state index is 12.1. The number of nitrogens with one attached hydrogen (secondary N) is 1. The molecular formula is C13H21N3O2. The summed E-state index contributed by atoms with van der Waals surface area (Å²) < 4.78 is 4.96. The second kappa shape index (κ2) is 6.00. The largest absolute Gasteiger partial charge is 0.361 e. The van der Waals surface area contributed by atoms with E-state index in [2.05, 4.69) is 10.5 Å². The molecule has 0 aromatic carbocycles. The Kier molecular flexibility index (Phi) is 4.36. The summed E-state index contributed by atoms with van der Waals surface area (Å²) in [7, 11) is 0. The second-order valence-electron chi connectivity index (χ2n) is 5.03. The topological polar surface area (TPSA) is 81.2 Å². The molecule has 1 aliphatic carbocycles. The number of hydrogen-bond acceptors (Lipinski definition) is 4. The minimum Gasteiger partial charge on any atom is -0.361 e. The van der Waals surface area contributed by atoms with Gasteiger partial charge in [0.2, 0.25) is 5.91 Å². The van der Waals surface area contributed by atoms with Crippen molar-refractivity contribution < 1.29 is 9.32 Å². The zero-order valence-corrected chi connectivity index (χ0v) is 10.8. The molecule has 2 unspecified atom stereocenters. The lowest BCUT2D eigenvalue weighted by atomic mass is 9.79. The fraction of sp³-hybridized carbons (Fsp3) is 0.692. The van der Waals surface area contributed by atoms with Gasteiger partial charge in [-0.2, -0.15) is 0 Å². The minimum atomic E-state index is 0.0664. The Morgan fingerprint density at radius 3 is 3.00 bits per heavy atom. The fourth-order valence-electron chi connectivity index (χ4n) is 2.64. The van der Waals surface area contributed by atoms with Crippen LogP contribution in [0.2, 0.25) is 0 Å². The number of aryl methyl sites for hydroxylation is 1. The predicted molar refractivity (Wildman–Crippen MR) is 67.6 cm³/mol. The molecule has 3 N–H and O–H groups in total. The highest BCUT2D eigenvalue weighted by molar-refractivity contribution is 5.79. The molecule has 100 valence electrons. The molecule has 1 fully saturated rings. The van der Waals surface area contributed by atoms with Crippen LogP contribution in [0.25, 0.3) is 0 Å². The van der Waals surface area contributed by atoms with E-state index < -0.39 is 0 Å². The summed E-state index contributed by atoms with van der Waals surface area (Å²) in [6.07, 6.45) is 4.33. The predicted octanol–water partition coefficient (Wildman–Crippen LogP) is 1.36. The van der Waals surface area contributed by atoms with Crippen molar-refractivity contribution >= 4 is 5.91 Å². The monoisotopic (exact) mass is 251 g/mol. The Bertz CT molecular complexity index is 403. The van der Waals surface area contributed by atoms with Crippen LogP contribution in [0.3, 0.4) is 0 Å². The van der Waals surface area contributed by atoms with Crippen LogP contribution in [0, 0.1) is 18.8 Å². The number of aromatic nitrogens is 1. The van der Waals surface area contributed by atoms with Gasteiger partial charge in [-0.3, -0.25) is 4.79 Å². The van der Waals surface area contributed by atoms with E-state index in [0.717, 1.165) is 30.7 Å². The van der Waals surface area contributed by atoms with Gasteiger partial charge < -0.3 is 15.6 Å². The van der Waals surface area contributed by atoms with E-state index in [4.69, 9.17) is 10.3 Å². The third-order valence-electron chi connectivity index (χ3n) is 3.67. The number of carbonyl (C=O) groups excluding carboxylic acids is 1. The molecule has 1 heterocycles. The van der Waals surface area contributed by atoms with Crippen molar-refractivity contribution in [1.82, 2.24) is 10.5 Å². The lowest BCUT2D eigenvalue weighted by Gasteiger charge is -2.29. The Morgan fingerprint density at radius 2 is 2.33 bits per heavy atom. The summed E-state index contributed by atoms with van der Waals surface area (Å²) in [6.45, 7) is 2.87. The van der Waals surface area contributed by atoms with E-state index in [-0.39, 0.29) is 11.8 Å². The van der Waals surface area contributed by atoms with Gasteiger partial charge in [-0.1, -0.05) is 18.0 Å². The van der Waals surface area contributed by atoms with Crippen LogP contribution in [0.4, 0.5) is 0 Å². The summed E-state index contributed by atoms with van der Waals surface area (Å²) in [5, 5.41) is 6.79. The van der Waals surface area contributed by atoms with Crippen LogP contribution in [-0.4, -0.2) is 17.6 Å². The first-order valence-corrected chi connectivity index (χ1v) is 6.60. The third-order valence-corrected chi connectivity index (χ3v) is 3.67. The van der Waals surface area contributed by atoms with Crippen molar-refractivity contribution in [2.75, 3.05) is 6.54 Å². The maximum Gasteiger partial charge on any atom is 0.223 e. The number of rotatable bonds is 4. The molecule has 0 bridgehead atoms. The summed E-state index contributed by atoms with van der Waals surface area (Å²) in [5.41, 5.74) is 6.50. The standard InChI is InChI=1S/C13H21N3O2/c1-9-6-11(16-18-9)8-15-13(17)12-5-3-2-4-10(12)7-14/h6,10,12H,2-5,7-8,14H2,1H3,(H,15,17). The zero-order valence-electron chi connectivity index (χ0n) is 10.8. The maximum atomic E-state index is 12.1. The van der Waals surface area contributed by atoms with Gasteiger partial charge >= 0.3 is 0 Å². The first-order valence-electron chi connectivity index (χ1n) is 6.60. The number of amides is 1. The smallest absolute Gasteiger partial charge is 0.223 e. The highest BCUT2D eigenvalue weighted by Crippen LogP contribution is 2.29. The first-order chi connectivity index (χ1) is 8.70. The van der Waals surface area contributed by atoms with Crippen LogP contribution >= 0.6 is 0 Å². The molecule has 1 saturated carbocycles. The number of nitrogens with zero attached hydrogens (tertiary/aromatic N) is 1. The highest BCUT2D eigenvalue weighted by Gasteiger charge is 2.29. The normalized spacial score (nSPS) is 23.9. The van der Waals surface area contributed by atoms with Gasteiger partial charge in [-0.15, -0.1) is 0 Å². The van der Waals surface area contributed by atoms with Crippen molar-refractivity contribution in [3.8, 4) is 0 Å². The van der Waals surface area contributed by atoms with Gasteiger partial charge in [0.15, 0.2) is 0 Å². The molecule has 5 nitrogen and oxygen atoms in total. The average Bonchev–Trinajstić information content (AvgIpc) is 2.81. The zero-order chi connectivity index (χ0) is 13.0. The Morgan fingerprint density at radius 1 is 1.56 bits per heavy atom. The molecule has 0 aliphatic heterocycles. The van der Waals surface area contributed by atoms with Crippen LogP contribution in [0.15, 0.2) is 10.6 Å². The molecule has 2 atom stereocenters. The second-order valence-corrected chi connectivity index (χ2v) is 5.03. The molecule has 18 heavy (non-hydrogen) atoms. The van der Waals surface area contributed by atoms with E-state index in [1.807, 2.05) is 13.0 Å². The van der Waals surface area contributed by atoms with Crippen LogP contribution in [0.5, 0.6) is 0 Å². The number of hydrogen-bond donors (Lipinski definition) is 2. The summed E-state index contributed by atoms with van der Waals surface area (Å²) in [6, 6.07) is 1.83. The van der Waals surface area contributed by atoms with Crippen LogP contribution < -0.4 is 11.1 Å². The van der Waals surface area contributed by atoms with Crippen molar-refractivity contribution in [2.24, 2.45) is 17.6 Å². The van der Waals surface area contributed by atoms with Crippen molar-refractivity contribution in [2.45, 2.75) is 39.2 Å². The fourth-order valence-corrected chi connectivity index (χ4v) is 2.64. The average molecular weight is 251 g/mol. The lowest BCUT2D eigenvalue weighted by molar-refractivity contribution is -0.127. The number of nitrogens with two attached hydrogens (primary N) is 1. The molecule has 0 radical (unpaired) electrons. The van der Waals surface area contributed by atoms with Crippen LogP contribution in [-0.2, 0) is 11.3 Å². The van der Waals surface area contributed by atoms with Gasteiger partial charge in [0, 0.05) is 12.0 Å². The molecule has 2 rings (SSSR count). The van der Waals surface area contributed by atoms with Gasteiger partial charge in [-0.05, 0) is 32.2 Å². The van der Waals surface area contributed by atoms with Crippen molar-refractivity contribution in [1.29, 1.82) is 0 Å². The van der Waals surface area contributed by atoms with E-state index in [1.165, 1.54) is 6.42 Å². The van der Waals surface area contributed by atoms with Crippen molar-refractivity contribution in [3.05, 3.63) is 17.5 Å². The molecular weight excluding hydrogens is 230 g/mol. The summed E-state index contributed by atoms with van der Waals surface area (Å²) in [5.74, 6) is 1.26. The minimum absolute atomic E-state index is 0.0664. The van der Waals surface area contributed by atoms with E-state index in [1.54, 1.807) is 0 Å². The van der Waals surface area contributed by atoms with Crippen LogP contribution in [0.1, 0.15) is 37.1 Å². The third kappa shape index (κ3) is 3.10. The molecule has 1 aromatic rings. The van der Waals surface area contributed by atoms with Crippen molar-refractivity contribution in [3.63, 3.8) is 0 Å². The summed E-state index contributed by atoms with van der Waals surface area (Å²) >= 11 is 0. The lowest BCUT2D eigenvalue weighted by Crippen LogP contribution is -2.39. The Balaban J connectivity index is 1.86. The number of carbonyl (C=O) groups is 1. The van der Waals surface area contributed by atoms with E-state index in [9.17, 15) is 4.79 Å². The first kappa shape index (κ1) is 13.1. The SMILES string of the molecule is Cc1cc(CNC(=O)C2CCCCC2CN)no1. The molecule has 1 amide bonds. The molecule has 0 spiro atoms. The van der Waals surface area contributed by atoms with Gasteiger partial charge in [0.05, 0.1) is 6.54 Å². The Labute approximate surface area is 107 Å². The molecule has 0 saturated heterocycles.